The SMILES string of the molecule is CCC(CC)n1ccc(CC(=O)C2CCCCC2)n1. The zero-order chi connectivity index (χ0) is 13.7. The van der Waals surface area contributed by atoms with E-state index in [1.54, 1.807) is 0 Å². The van der Waals surface area contributed by atoms with Crippen LogP contribution in [0.4, 0.5) is 0 Å². The van der Waals surface area contributed by atoms with Crippen molar-refractivity contribution in [1.82, 2.24) is 9.78 Å². The monoisotopic (exact) mass is 262 g/mol. The molecule has 1 saturated carbocycles. The van der Waals surface area contributed by atoms with Crippen molar-refractivity contribution in [3.05, 3.63) is 18.0 Å². The van der Waals surface area contributed by atoms with E-state index < -0.39 is 0 Å². The zero-order valence-electron chi connectivity index (χ0n) is 12.3. The van der Waals surface area contributed by atoms with Gasteiger partial charge in [-0.2, -0.15) is 5.10 Å². The molecule has 0 N–H and O–H groups in total. The molecule has 0 unspecified atom stereocenters. The second-order valence-corrected chi connectivity index (χ2v) is 5.74. The highest BCUT2D eigenvalue weighted by Gasteiger charge is 2.22. The number of carbonyl (C=O) groups excluding carboxylic acids is 1. The van der Waals surface area contributed by atoms with E-state index in [1.165, 1.54) is 19.3 Å². The van der Waals surface area contributed by atoms with Gasteiger partial charge in [-0.15, -0.1) is 0 Å². The molecule has 1 aromatic heterocycles. The Morgan fingerprint density at radius 1 is 1.32 bits per heavy atom. The second kappa shape index (κ2) is 6.88. The fourth-order valence-electron chi connectivity index (χ4n) is 3.09. The Labute approximate surface area is 116 Å². The molecule has 3 heteroatoms. The van der Waals surface area contributed by atoms with Gasteiger partial charge in [-0.25, -0.2) is 0 Å². The summed E-state index contributed by atoms with van der Waals surface area (Å²) >= 11 is 0. The third-order valence-corrected chi connectivity index (χ3v) is 4.40. The third-order valence-electron chi connectivity index (χ3n) is 4.40. The molecular formula is C16H26N2O. The minimum absolute atomic E-state index is 0.298. The first-order valence-corrected chi connectivity index (χ1v) is 7.81. The highest BCUT2D eigenvalue weighted by atomic mass is 16.1. The van der Waals surface area contributed by atoms with Crippen molar-refractivity contribution in [2.24, 2.45) is 5.92 Å². The first-order chi connectivity index (χ1) is 9.24. The summed E-state index contributed by atoms with van der Waals surface area (Å²) in [6.07, 6.45) is 10.7. The van der Waals surface area contributed by atoms with Crippen molar-refractivity contribution in [3.63, 3.8) is 0 Å². The lowest BCUT2D eigenvalue weighted by molar-refractivity contribution is -0.123. The van der Waals surface area contributed by atoms with Gasteiger partial charge in [0.2, 0.25) is 0 Å². The topological polar surface area (TPSA) is 34.9 Å². The lowest BCUT2D eigenvalue weighted by Crippen LogP contribution is -2.20. The summed E-state index contributed by atoms with van der Waals surface area (Å²) in [4.78, 5) is 12.2. The molecule has 1 aliphatic rings. The lowest BCUT2D eigenvalue weighted by atomic mass is 9.85. The summed E-state index contributed by atoms with van der Waals surface area (Å²) in [5.41, 5.74) is 0.947. The highest BCUT2D eigenvalue weighted by Crippen LogP contribution is 2.25. The number of rotatable bonds is 6. The molecule has 0 saturated heterocycles. The number of nitrogens with zero attached hydrogens (tertiary/aromatic N) is 2. The van der Waals surface area contributed by atoms with Crippen molar-refractivity contribution < 1.29 is 4.79 Å². The van der Waals surface area contributed by atoms with Gasteiger partial charge in [0.25, 0.3) is 0 Å². The maximum atomic E-state index is 12.2. The molecule has 0 aliphatic heterocycles. The van der Waals surface area contributed by atoms with Crippen LogP contribution >= 0.6 is 0 Å². The maximum Gasteiger partial charge on any atom is 0.141 e. The van der Waals surface area contributed by atoms with E-state index in [1.807, 2.05) is 16.9 Å². The molecule has 0 amide bonds. The van der Waals surface area contributed by atoms with E-state index in [-0.39, 0.29) is 0 Å². The molecule has 1 aromatic rings. The van der Waals surface area contributed by atoms with Crippen LogP contribution in [-0.2, 0) is 11.2 Å². The van der Waals surface area contributed by atoms with E-state index in [0.717, 1.165) is 31.4 Å². The predicted molar refractivity (Wildman–Crippen MR) is 77.1 cm³/mol. The fourth-order valence-corrected chi connectivity index (χ4v) is 3.09. The van der Waals surface area contributed by atoms with Gasteiger partial charge in [0.05, 0.1) is 18.2 Å². The summed E-state index contributed by atoms with van der Waals surface area (Å²) in [5.74, 6) is 0.696. The number of Topliss-reactive ketones (excluding diaryl/α,β-unsaturated/α-hetero) is 1. The van der Waals surface area contributed by atoms with Crippen LogP contribution in [0.15, 0.2) is 12.3 Å². The number of aromatic nitrogens is 2. The minimum Gasteiger partial charge on any atom is -0.299 e. The van der Waals surface area contributed by atoms with Crippen molar-refractivity contribution >= 4 is 5.78 Å². The minimum atomic E-state index is 0.298. The molecule has 0 atom stereocenters. The highest BCUT2D eigenvalue weighted by molar-refractivity contribution is 5.82. The standard InChI is InChI=1S/C16H26N2O/c1-3-15(4-2)18-11-10-14(17-18)12-16(19)13-8-6-5-7-9-13/h10-11,13,15H,3-9,12H2,1-2H3. The van der Waals surface area contributed by atoms with Crippen molar-refractivity contribution in [2.45, 2.75) is 71.3 Å². The van der Waals surface area contributed by atoms with Gasteiger partial charge in [-0.05, 0) is 31.7 Å². The molecule has 1 heterocycles. The maximum absolute atomic E-state index is 12.2. The van der Waals surface area contributed by atoms with E-state index >= 15 is 0 Å². The summed E-state index contributed by atoms with van der Waals surface area (Å²) in [6, 6.07) is 2.48. The Morgan fingerprint density at radius 3 is 2.63 bits per heavy atom. The largest absolute Gasteiger partial charge is 0.299 e. The first kappa shape index (κ1) is 14.3. The molecule has 1 aliphatic carbocycles. The van der Waals surface area contributed by atoms with Crippen LogP contribution in [0.1, 0.15) is 70.5 Å². The average Bonchev–Trinajstić information content (AvgIpc) is 2.89. The van der Waals surface area contributed by atoms with Crippen LogP contribution in [0.25, 0.3) is 0 Å². The summed E-state index contributed by atoms with van der Waals surface area (Å²) in [5, 5.41) is 4.58. The third kappa shape index (κ3) is 3.68. The number of hydrogen-bond donors (Lipinski definition) is 0. The van der Waals surface area contributed by atoms with Crippen LogP contribution in [0, 0.1) is 5.92 Å². The lowest BCUT2D eigenvalue weighted by Gasteiger charge is -2.19. The molecule has 0 bridgehead atoms. The Morgan fingerprint density at radius 2 is 2.00 bits per heavy atom. The summed E-state index contributed by atoms with van der Waals surface area (Å²) in [7, 11) is 0. The van der Waals surface area contributed by atoms with Gasteiger partial charge in [-0.1, -0.05) is 33.1 Å². The van der Waals surface area contributed by atoms with Crippen molar-refractivity contribution in [2.75, 3.05) is 0 Å². The Hall–Kier alpha value is -1.12. The predicted octanol–water partition coefficient (Wildman–Crippen LogP) is 3.94. The summed E-state index contributed by atoms with van der Waals surface area (Å²) in [6.45, 7) is 4.37. The number of carbonyl (C=O) groups is 1. The van der Waals surface area contributed by atoms with Crippen molar-refractivity contribution in [1.29, 1.82) is 0 Å². The molecule has 3 nitrogen and oxygen atoms in total. The van der Waals surface area contributed by atoms with Crippen LogP contribution < -0.4 is 0 Å². The molecule has 0 aromatic carbocycles. The zero-order valence-corrected chi connectivity index (χ0v) is 12.3. The molecule has 19 heavy (non-hydrogen) atoms. The van der Waals surface area contributed by atoms with Crippen LogP contribution in [-0.4, -0.2) is 15.6 Å². The van der Waals surface area contributed by atoms with Gasteiger partial charge in [0.15, 0.2) is 0 Å². The molecule has 0 spiro atoms. The molecule has 0 radical (unpaired) electrons. The smallest absolute Gasteiger partial charge is 0.141 e. The Bertz CT molecular complexity index is 401. The molecule has 2 rings (SSSR count). The van der Waals surface area contributed by atoms with Gasteiger partial charge in [0.1, 0.15) is 5.78 Å². The van der Waals surface area contributed by atoms with E-state index in [0.29, 0.717) is 24.2 Å². The van der Waals surface area contributed by atoms with Gasteiger partial charge >= 0.3 is 0 Å². The second-order valence-electron chi connectivity index (χ2n) is 5.74. The Kier molecular flexibility index (Phi) is 5.17. The first-order valence-electron chi connectivity index (χ1n) is 7.81. The fraction of sp³-hybridized carbons (Fsp3) is 0.750. The Balaban J connectivity index is 1.93. The van der Waals surface area contributed by atoms with Gasteiger partial charge in [0, 0.05) is 12.1 Å². The van der Waals surface area contributed by atoms with Crippen LogP contribution in [0.2, 0.25) is 0 Å². The summed E-state index contributed by atoms with van der Waals surface area (Å²) < 4.78 is 2.03. The normalized spacial score (nSPS) is 17.0. The van der Waals surface area contributed by atoms with Gasteiger partial charge < -0.3 is 0 Å². The molecule has 1 fully saturated rings. The van der Waals surface area contributed by atoms with E-state index in [2.05, 4.69) is 18.9 Å². The average molecular weight is 262 g/mol. The molecular weight excluding hydrogens is 236 g/mol. The van der Waals surface area contributed by atoms with Crippen LogP contribution in [0.3, 0.4) is 0 Å². The van der Waals surface area contributed by atoms with Crippen LogP contribution in [0.5, 0.6) is 0 Å². The van der Waals surface area contributed by atoms with Crippen molar-refractivity contribution in [3.8, 4) is 0 Å². The van der Waals surface area contributed by atoms with E-state index in [4.69, 9.17) is 0 Å². The number of hydrogen-bond acceptors (Lipinski definition) is 2. The quantitative estimate of drug-likeness (QED) is 0.778. The number of ketones is 1. The van der Waals surface area contributed by atoms with E-state index in [9.17, 15) is 4.79 Å². The van der Waals surface area contributed by atoms with Gasteiger partial charge in [-0.3, -0.25) is 9.48 Å². The molecule has 106 valence electrons.